The summed E-state index contributed by atoms with van der Waals surface area (Å²) in [6.07, 6.45) is -1.84. The molecule has 1 aromatic rings. The average Bonchev–Trinajstić information content (AvgIpc) is 2.82. The summed E-state index contributed by atoms with van der Waals surface area (Å²) in [4.78, 5) is 11.8. The lowest BCUT2D eigenvalue weighted by molar-refractivity contribution is -0.122. The van der Waals surface area contributed by atoms with Gasteiger partial charge in [0, 0.05) is 13.0 Å². The molecular weight excluding hydrogens is 328 g/mol. The summed E-state index contributed by atoms with van der Waals surface area (Å²) in [5.41, 5.74) is 0.726. The largest absolute Gasteiger partial charge is 0.488 e. The molecule has 1 N–H and O–H groups in total. The predicted octanol–water partition coefficient (Wildman–Crippen LogP) is 1.77. The zero-order chi connectivity index (χ0) is 16.9. The highest BCUT2D eigenvalue weighted by atomic mass is 32.2. The SMILES string of the molecule is O=C(C[C@H]1CCS(=O)(=O)C1)NCc1cccc(OCC(F)F)c1. The van der Waals surface area contributed by atoms with E-state index in [4.69, 9.17) is 4.74 Å². The van der Waals surface area contributed by atoms with Crippen molar-refractivity contribution in [2.75, 3.05) is 18.1 Å². The van der Waals surface area contributed by atoms with Gasteiger partial charge < -0.3 is 10.1 Å². The molecule has 1 saturated heterocycles. The molecule has 5 nitrogen and oxygen atoms in total. The number of carbonyl (C=O) groups excluding carboxylic acids is 1. The van der Waals surface area contributed by atoms with Crippen LogP contribution in [0.1, 0.15) is 18.4 Å². The number of ether oxygens (including phenoxy) is 1. The van der Waals surface area contributed by atoms with Gasteiger partial charge in [0.1, 0.15) is 12.4 Å². The molecule has 0 aromatic heterocycles. The summed E-state index contributed by atoms with van der Waals surface area (Å²) in [6.45, 7) is -0.434. The van der Waals surface area contributed by atoms with E-state index < -0.39 is 22.9 Å². The smallest absolute Gasteiger partial charge is 0.272 e. The average molecular weight is 347 g/mol. The topological polar surface area (TPSA) is 72.5 Å². The van der Waals surface area contributed by atoms with Gasteiger partial charge in [-0.1, -0.05) is 12.1 Å². The Hall–Kier alpha value is -1.70. The van der Waals surface area contributed by atoms with E-state index in [1.165, 1.54) is 0 Å². The number of nitrogens with one attached hydrogen (secondary N) is 1. The van der Waals surface area contributed by atoms with E-state index >= 15 is 0 Å². The highest BCUT2D eigenvalue weighted by Crippen LogP contribution is 2.21. The molecular formula is C15H19F2NO4S. The molecule has 1 aliphatic rings. The molecule has 128 valence electrons. The number of carbonyl (C=O) groups is 1. The number of alkyl halides is 2. The Bertz CT molecular complexity index is 649. The van der Waals surface area contributed by atoms with Gasteiger partial charge in [0.25, 0.3) is 6.43 Å². The van der Waals surface area contributed by atoms with Crippen LogP contribution < -0.4 is 10.1 Å². The second kappa shape index (κ2) is 7.72. The number of sulfone groups is 1. The molecule has 0 aliphatic carbocycles. The van der Waals surface area contributed by atoms with Crippen molar-refractivity contribution in [1.82, 2.24) is 5.32 Å². The van der Waals surface area contributed by atoms with Crippen LogP contribution >= 0.6 is 0 Å². The molecule has 0 spiro atoms. The molecule has 1 amide bonds. The Morgan fingerprint density at radius 1 is 1.39 bits per heavy atom. The van der Waals surface area contributed by atoms with Crippen LogP contribution in [0, 0.1) is 5.92 Å². The van der Waals surface area contributed by atoms with Crippen molar-refractivity contribution < 1.29 is 26.7 Å². The lowest BCUT2D eigenvalue weighted by Gasteiger charge is -2.10. The van der Waals surface area contributed by atoms with E-state index in [0.29, 0.717) is 12.2 Å². The summed E-state index contributed by atoms with van der Waals surface area (Å²) in [7, 11) is -2.99. The van der Waals surface area contributed by atoms with Crippen molar-refractivity contribution in [2.45, 2.75) is 25.8 Å². The van der Waals surface area contributed by atoms with Crippen molar-refractivity contribution in [3.63, 3.8) is 0 Å². The Kier molecular flexibility index (Phi) is 5.92. The molecule has 0 unspecified atom stereocenters. The minimum absolute atomic E-state index is 0.0668. The summed E-state index contributed by atoms with van der Waals surface area (Å²) in [5.74, 6) is 0.192. The molecule has 1 atom stereocenters. The molecule has 1 aliphatic heterocycles. The number of hydrogen-bond acceptors (Lipinski definition) is 4. The van der Waals surface area contributed by atoms with E-state index in [1.54, 1.807) is 24.3 Å². The third kappa shape index (κ3) is 6.13. The van der Waals surface area contributed by atoms with Crippen molar-refractivity contribution in [2.24, 2.45) is 5.92 Å². The van der Waals surface area contributed by atoms with E-state index in [9.17, 15) is 22.0 Å². The first kappa shape index (κ1) is 17.7. The zero-order valence-electron chi connectivity index (χ0n) is 12.5. The summed E-state index contributed by atoms with van der Waals surface area (Å²) in [6, 6.07) is 6.56. The van der Waals surface area contributed by atoms with Gasteiger partial charge in [-0.3, -0.25) is 4.79 Å². The van der Waals surface area contributed by atoms with Crippen molar-refractivity contribution in [3.05, 3.63) is 29.8 Å². The van der Waals surface area contributed by atoms with Crippen LogP contribution in [0.4, 0.5) is 8.78 Å². The maximum absolute atomic E-state index is 12.1. The lowest BCUT2D eigenvalue weighted by atomic mass is 10.0. The van der Waals surface area contributed by atoms with Gasteiger partial charge in [0.05, 0.1) is 11.5 Å². The number of hydrogen-bond donors (Lipinski definition) is 1. The van der Waals surface area contributed by atoms with Crippen LogP contribution in [-0.4, -0.2) is 38.9 Å². The molecule has 8 heteroatoms. The Morgan fingerprint density at radius 3 is 2.83 bits per heavy atom. The van der Waals surface area contributed by atoms with Gasteiger partial charge in [-0.25, -0.2) is 17.2 Å². The normalized spacial score (nSPS) is 19.7. The Morgan fingerprint density at radius 2 is 2.17 bits per heavy atom. The highest BCUT2D eigenvalue weighted by molar-refractivity contribution is 7.91. The van der Waals surface area contributed by atoms with Crippen LogP contribution in [0.25, 0.3) is 0 Å². The van der Waals surface area contributed by atoms with Gasteiger partial charge in [-0.2, -0.15) is 0 Å². The van der Waals surface area contributed by atoms with Crippen LogP contribution in [0.2, 0.25) is 0 Å². The van der Waals surface area contributed by atoms with Gasteiger partial charge in [-0.15, -0.1) is 0 Å². The third-order valence-corrected chi connectivity index (χ3v) is 5.40. The summed E-state index contributed by atoms with van der Waals surface area (Å²) >= 11 is 0. The number of benzene rings is 1. The van der Waals surface area contributed by atoms with Crippen molar-refractivity contribution in [3.8, 4) is 5.75 Å². The molecule has 1 aromatic carbocycles. The second-order valence-corrected chi connectivity index (χ2v) is 7.83. The van der Waals surface area contributed by atoms with Gasteiger partial charge in [0.2, 0.25) is 5.91 Å². The Labute approximate surface area is 133 Å². The van der Waals surface area contributed by atoms with Crippen molar-refractivity contribution >= 4 is 15.7 Å². The molecule has 2 rings (SSSR count). The second-order valence-electron chi connectivity index (χ2n) is 5.60. The Balaban J connectivity index is 1.79. The molecule has 0 radical (unpaired) electrons. The molecule has 23 heavy (non-hydrogen) atoms. The van der Waals surface area contributed by atoms with E-state index in [1.807, 2.05) is 0 Å². The van der Waals surface area contributed by atoms with E-state index in [-0.39, 0.29) is 36.3 Å². The molecule has 1 heterocycles. The fourth-order valence-electron chi connectivity index (χ4n) is 2.47. The van der Waals surface area contributed by atoms with Gasteiger partial charge in [-0.05, 0) is 30.0 Å². The maximum Gasteiger partial charge on any atom is 0.272 e. The number of amides is 1. The standard InChI is InChI=1S/C15H19F2NO4S/c16-14(17)9-22-13-3-1-2-11(6-13)8-18-15(19)7-12-4-5-23(20,21)10-12/h1-3,6,12,14H,4-5,7-10H2,(H,18,19)/t12-/m1/s1. The first-order chi connectivity index (χ1) is 10.8. The first-order valence-corrected chi connectivity index (χ1v) is 9.13. The zero-order valence-corrected chi connectivity index (χ0v) is 13.3. The summed E-state index contributed by atoms with van der Waals surface area (Å²) in [5, 5.41) is 2.71. The molecule has 1 fully saturated rings. The monoisotopic (exact) mass is 347 g/mol. The maximum atomic E-state index is 12.1. The quantitative estimate of drug-likeness (QED) is 0.816. The van der Waals surface area contributed by atoms with Gasteiger partial charge in [0.15, 0.2) is 9.84 Å². The van der Waals surface area contributed by atoms with Crippen molar-refractivity contribution in [1.29, 1.82) is 0 Å². The fraction of sp³-hybridized carbons (Fsp3) is 0.533. The van der Waals surface area contributed by atoms with Crippen LogP contribution in [-0.2, 0) is 21.2 Å². The fourth-order valence-corrected chi connectivity index (χ4v) is 4.33. The van der Waals surface area contributed by atoms with Crippen LogP contribution in [0.3, 0.4) is 0 Å². The number of halogens is 2. The molecule has 0 saturated carbocycles. The number of rotatable bonds is 7. The third-order valence-electron chi connectivity index (χ3n) is 3.56. The highest BCUT2D eigenvalue weighted by Gasteiger charge is 2.29. The van der Waals surface area contributed by atoms with Crippen LogP contribution in [0.5, 0.6) is 5.75 Å². The van der Waals surface area contributed by atoms with Gasteiger partial charge >= 0.3 is 0 Å². The minimum Gasteiger partial charge on any atom is -0.488 e. The minimum atomic E-state index is -2.99. The lowest BCUT2D eigenvalue weighted by Crippen LogP contribution is -2.25. The van der Waals surface area contributed by atoms with Crippen LogP contribution in [0.15, 0.2) is 24.3 Å². The summed E-state index contributed by atoms with van der Waals surface area (Å²) < 4.78 is 51.8. The van der Waals surface area contributed by atoms with E-state index in [2.05, 4.69) is 5.32 Å². The van der Waals surface area contributed by atoms with E-state index in [0.717, 1.165) is 5.56 Å². The first-order valence-electron chi connectivity index (χ1n) is 7.31. The predicted molar refractivity (Wildman–Crippen MR) is 81.2 cm³/mol. The molecule has 0 bridgehead atoms.